The molecule has 2 rings (SSSR count). The predicted molar refractivity (Wildman–Crippen MR) is 80.0 cm³/mol. The molecule has 0 amide bonds. The molecule has 0 aliphatic heterocycles. The number of hydrogen-bond donors (Lipinski definition) is 0. The molecule has 1 heteroatoms. The van der Waals surface area contributed by atoms with Crippen molar-refractivity contribution >= 4 is 6.08 Å². The van der Waals surface area contributed by atoms with Crippen molar-refractivity contribution in [1.82, 2.24) is 0 Å². The van der Waals surface area contributed by atoms with E-state index in [0.29, 0.717) is 0 Å². The molecule has 0 bridgehead atoms. The minimum Gasteiger partial charge on any atom is -0.193 e. The molecule has 1 aliphatic rings. The van der Waals surface area contributed by atoms with Crippen LogP contribution in [0.3, 0.4) is 0 Å². The lowest BCUT2D eigenvalue weighted by molar-refractivity contribution is 0.730. The quantitative estimate of drug-likeness (QED) is 0.491. The van der Waals surface area contributed by atoms with Gasteiger partial charge in [0.05, 0.1) is 6.07 Å². The monoisotopic (exact) mass is 239 g/mol. The molecule has 0 heterocycles. The first kappa shape index (κ1) is 15.9. The van der Waals surface area contributed by atoms with Crippen molar-refractivity contribution in [1.29, 1.82) is 5.26 Å². The van der Waals surface area contributed by atoms with Crippen molar-refractivity contribution in [3.8, 4) is 6.07 Å². The molecule has 1 aromatic carbocycles. The maximum atomic E-state index is 7.51. The van der Waals surface area contributed by atoms with Crippen molar-refractivity contribution in [3.05, 3.63) is 67.3 Å². The van der Waals surface area contributed by atoms with E-state index in [-0.39, 0.29) is 0 Å². The second-order valence-corrected chi connectivity index (χ2v) is 3.70. The summed E-state index contributed by atoms with van der Waals surface area (Å²) < 4.78 is 0. The fraction of sp³-hybridized carbons (Fsp3) is 0.235. The molecule has 0 N–H and O–H groups in total. The smallest absolute Gasteiger partial charge is 0.0905 e. The minimum absolute atomic E-state index is 1.17. The summed E-state index contributed by atoms with van der Waals surface area (Å²) in [7, 11) is 0. The number of nitrogens with zero attached hydrogens (tertiary/aromatic N) is 1. The first-order chi connectivity index (χ1) is 8.85. The molecule has 0 radical (unpaired) electrons. The predicted octanol–water partition coefficient (Wildman–Crippen LogP) is 5.14. The van der Waals surface area contributed by atoms with Gasteiger partial charge in [0.1, 0.15) is 0 Å². The Kier molecular flexibility index (Phi) is 11.5. The van der Waals surface area contributed by atoms with Gasteiger partial charge in [-0.05, 0) is 31.2 Å². The maximum absolute atomic E-state index is 7.51. The van der Waals surface area contributed by atoms with Crippen LogP contribution in [0.25, 0.3) is 6.08 Å². The Labute approximate surface area is 111 Å². The zero-order valence-electron chi connectivity index (χ0n) is 10.9. The van der Waals surface area contributed by atoms with Gasteiger partial charge in [-0.15, -0.1) is 0 Å². The van der Waals surface area contributed by atoms with Crippen LogP contribution in [0.4, 0.5) is 0 Å². The molecule has 0 saturated carbocycles. The highest BCUT2D eigenvalue weighted by Gasteiger charge is 1.87. The van der Waals surface area contributed by atoms with Crippen LogP contribution in [0.15, 0.2) is 61.7 Å². The van der Waals surface area contributed by atoms with Gasteiger partial charge in [-0.2, -0.15) is 5.26 Å². The average molecular weight is 239 g/mol. The van der Waals surface area contributed by atoms with Crippen LogP contribution in [-0.2, 0) is 0 Å². The largest absolute Gasteiger partial charge is 0.193 e. The number of rotatable bonds is 1. The average Bonchev–Trinajstić information content (AvgIpc) is 2.51. The number of allylic oxidation sites excluding steroid dienone is 3. The summed E-state index contributed by atoms with van der Waals surface area (Å²) in [5.41, 5.74) is 1.17. The normalized spacial score (nSPS) is 11.7. The van der Waals surface area contributed by atoms with Crippen molar-refractivity contribution in [3.63, 3.8) is 0 Å². The molecule has 0 atom stereocenters. The van der Waals surface area contributed by atoms with Crippen LogP contribution in [0.5, 0.6) is 0 Å². The van der Waals surface area contributed by atoms with Crippen LogP contribution < -0.4 is 0 Å². The van der Waals surface area contributed by atoms with E-state index in [2.05, 4.69) is 25.3 Å². The lowest BCUT2D eigenvalue weighted by Gasteiger charge is -1.97. The van der Waals surface area contributed by atoms with Crippen LogP contribution in [0.1, 0.15) is 31.2 Å². The number of hydrogen-bond acceptors (Lipinski definition) is 1. The van der Waals surface area contributed by atoms with Crippen molar-refractivity contribution in [2.45, 2.75) is 25.7 Å². The van der Waals surface area contributed by atoms with Gasteiger partial charge in [0.25, 0.3) is 0 Å². The van der Waals surface area contributed by atoms with Crippen molar-refractivity contribution < 1.29 is 0 Å². The zero-order chi connectivity index (χ0) is 13.5. The van der Waals surface area contributed by atoms with Gasteiger partial charge in [0.15, 0.2) is 0 Å². The van der Waals surface area contributed by atoms with Crippen LogP contribution in [-0.4, -0.2) is 0 Å². The summed E-state index contributed by atoms with van der Waals surface area (Å²) in [5, 5.41) is 7.51. The summed E-state index contributed by atoms with van der Waals surface area (Å²) in [5.74, 6) is 0. The van der Waals surface area contributed by atoms with Gasteiger partial charge in [0, 0.05) is 6.08 Å². The van der Waals surface area contributed by atoms with E-state index in [4.69, 9.17) is 5.26 Å². The molecule has 94 valence electrons. The standard InChI is InChI=1S/C8H8.C6H10.C3H3N/c1-2-8-6-4-3-5-7-8;1-2-4-6-5-3-1;1-2-3-4/h2-7H,1H2;1-2H,3-6H2;2H,1H2. The zero-order valence-corrected chi connectivity index (χ0v) is 10.9. The minimum atomic E-state index is 1.17. The highest BCUT2D eigenvalue weighted by molar-refractivity contribution is 5.45. The molecule has 0 spiro atoms. The van der Waals surface area contributed by atoms with Gasteiger partial charge >= 0.3 is 0 Å². The van der Waals surface area contributed by atoms with Gasteiger partial charge in [-0.25, -0.2) is 0 Å². The third kappa shape index (κ3) is 10.4. The Balaban J connectivity index is 0.000000257. The SMILES string of the molecule is C1=CCCCC1.C=CC#N.C=Cc1ccccc1. The maximum Gasteiger partial charge on any atom is 0.0905 e. The molecular weight excluding hydrogens is 218 g/mol. The van der Waals surface area contributed by atoms with Crippen LogP contribution in [0, 0.1) is 11.3 Å². The lowest BCUT2D eigenvalue weighted by atomic mass is 10.1. The van der Waals surface area contributed by atoms with E-state index in [0.717, 1.165) is 0 Å². The second-order valence-electron chi connectivity index (χ2n) is 3.70. The number of nitriles is 1. The Hall–Kier alpha value is -2.07. The molecule has 0 unspecified atom stereocenters. The van der Waals surface area contributed by atoms with E-state index < -0.39 is 0 Å². The molecule has 0 aromatic heterocycles. The molecule has 18 heavy (non-hydrogen) atoms. The number of benzene rings is 1. The van der Waals surface area contributed by atoms with Crippen LogP contribution in [0.2, 0.25) is 0 Å². The third-order valence-corrected chi connectivity index (χ3v) is 2.28. The molecular formula is C17H21N. The summed E-state index contributed by atoms with van der Waals surface area (Å²) in [6.07, 6.45) is 13.0. The first-order valence-electron chi connectivity index (χ1n) is 6.18. The Morgan fingerprint density at radius 3 is 1.72 bits per heavy atom. The Morgan fingerprint density at radius 1 is 1.00 bits per heavy atom. The lowest BCUT2D eigenvalue weighted by Crippen LogP contribution is -1.77. The highest BCUT2D eigenvalue weighted by atomic mass is 14.2. The molecule has 1 aliphatic carbocycles. The fourth-order valence-corrected chi connectivity index (χ4v) is 1.35. The van der Waals surface area contributed by atoms with Gasteiger partial charge in [-0.1, -0.05) is 61.7 Å². The van der Waals surface area contributed by atoms with Crippen molar-refractivity contribution in [2.24, 2.45) is 0 Å². The first-order valence-corrected chi connectivity index (χ1v) is 6.18. The molecule has 0 saturated heterocycles. The van der Waals surface area contributed by atoms with E-state index in [1.807, 2.05) is 36.4 Å². The topological polar surface area (TPSA) is 23.8 Å². The summed E-state index contributed by atoms with van der Waals surface area (Å²) in [4.78, 5) is 0. The molecule has 0 fully saturated rings. The fourth-order valence-electron chi connectivity index (χ4n) is 1.35. The summed E-state index contributed by atoms with van der Waals surface area (Å²) in [6, 6.07) is 11.7. The Bertz CT molecular complexity index is 374. The summed E-state index contributed by atoms with van der Waals surface area (Å²) in [6.45, 7) is 6.75. The van der Waals surface area contributed by atoms with E-state index in [9.17, 15) is 0 Å². The van der Waals surface area contributed by atoms with Gasteiger partial charge in [0.2, 0.25) is 0 Å². The van der Waals surface area contributed by atoms with Gasteiger partial charge < -0.3 is 0 Å². The highest BCUT2D eigenvalue weighted by Crippen LogP contribution is 2.07. The Morgan fingerprint density at radius 2 is 1.50 bits per heavy atom. The van der Waals surface area contributed by atoms with Crippen LogP contribution >= 0.6 is 0 Å². The molecule has 1 nitrogen and oxygen atoms in total. The van der Waals surface area contributed by atoms with Gasteiger partial charge in [-0.3, -0.25) is 0 Å². The second kappa shape index (κ2) is 13.0. The third-order valence-electron chi connectivity index (χ3n) is 2.28. The summed E-state index contributed by atoms with van der Waals surface area (Å²) >= 11 is 0. The van der Waals surface area contributed by atoms with E-state index in [1.54, 1.807) is 6.07 Å². The van der Waals surface area contributed by atoms with E-state index in [1.165, 1.54) is 37.3 Å². The molecule has 1 aromatic rings. The van der Waals surface area contributed by atoms with E-state index >= 15 is 0 Å². The van der Waals surface area contributed by atoms with Crippen molar-refractivity contribution in [2.75, 3.05) is 0 Å².